The molecule has 1 aromatic carbocycles. The molecule has 2 heterocycles. The van der Waals surface area contributed by atoms with E-state index < -0.39 is 11.4 Å². The Hall–Kier alpha value is -1.91. The summed E-state index contributed by atoms with van der Waals surface area (Å²) in [6, 6.07) is 5.77. The average Bonchev–Trinajstić information content (AvgIpc) is 2.85. The van der Waals surface area contributed by atoms with Gasteiger partial charge >= 0.3 is 5.97 Å². The van der Waals surface area contributed by atoms with Gasteiger partial charge in [-0.25, -0.2) is 0 Å². The van der Waals surface area contributed by atoms with Crippen LogP contribution in [0.5, 0.6) is 11.5 Å². The fraction of sp³-hybridized carbons (Fsp3) is 0.500. The van der Waals surface area contributed by atoms with Gasteiger partial charge in [0.15, 0.2) is 11.5 Å². The Morgan fingerprint density at radius 1 is 1.37 bits per heavy atom. The molecule has 0 aromatic heterocycles. The van der Waals surface area contributed by atoms with Gasteiger partial charge in [0.1, 0.15) is 0 Å². The molecule has 2 aliphatic rings. The predicted octanol–water partition coefficient (Wildman–Crippen LogP) is 2.11. The summed E-state index contributed by atoms with van der Waals surface area (Å²) < 4.78 is 10.6. The van der Waals surface area contributed by atoms with Gasteiger partial charge in [-0.2, -0.15) is 0 Å². The Kier molecular flexibility index (Phi) is 2.77. The average molecular weight is 263 g/mol. The van der Waals surface area contributed by atoms with Crippen molar-refractivity contribution in [2.45, 2.75) is 19.8 Å². The number of carbonyl (C=O) groups is 1. The van der Waals surface area contributed by atoms with Crippen LogP contribution < -0.4 is 14.4 Å². The first-order valence-corrected chi connectivity index (χ1v) is 6.46. The molecule has 0 aliphatic carbocycles. The predicted molar refractivity (Wildman–Crippen MR) is 69.8 cm³/mol. The summed E-state index contributed by atoms with van der Waals surface area (Å²) in [5, 5.41) is 9.35. The third kappa shape index (κ3) is 2.09. The van der Waals surface area contributed by atoms with E-state index in [0.29, 0.717) is 6.54 Å². The number of nitrogens with zero attached hydrogens (tertiary/aromatic N) is 1. The zero-order chi connectivity index (χ0) is 13.5. The summed E-state index contributed by atoms with van der Waals surface area (Å²) in [5.74, 6) is 0.764. The van der Waals surface area contributed by atoms with Gasteiger partial charge in [0.05, 0.1) is 5.41 Å². The van der Waals surface area contributed by atoms with Gasteiger partial charge in [0.25, 0.3) is 0 Å². The molecule has 5 nitrogen and oxygen atoms in total. The Labute approximate surface area is 111 Å². The monoisotopic (exact) mass is 263 g/mol. The third-order valence-electron chi connectivity index (χ3n) is 3.93. The lowest BCUT2D eigenvalue weighted by Gasteiger charge is -2.38. The van der Waals surface area contributed by atoms with Crippen molar-refractivity contribution in [2.75, 3.05) is 24.8 Å². The van der Waals surface area contributed by atoms with Gasteiger partial charge < -0.3 is 19.5 Å². The molecular weight excluding hydrogens is 246 g/mol. The quantitative estimate of drug-likeness (QED) is 0.885. The number of fused-ring (bicyclic) bond motifs is 1. The minimum atomic E-state index is -0.724. The normalized spacial score (nSPS) is 25.4. The van der Waals surface area contributed by atoms with Gasteiger partial charge in [0.2, 0.25) is 6.79 Å². The van der Waals surface area contributed by atoms with Crippen LogP contribution in [-0.2, 0) is 4.79 Å². The van der Waals surface area contributed by atoms with Crippen LogP contribution in [0, 0.1) is 5.41 Å². The van der Waals surface area contributed by atoms with Crippen molar-refractivity contribution in [3.05, 3.63) is 18.2 Å². The highest BCUT2D eigenvalue weighted by atomic mass is 16.7. The van der Waals surface area contributed by atoms with Crippen LogP contribution in [-0.4, -0.2) is 31.0 Å². The molecule has 1 fully saturated rings. The molecule has 1 aromatic rings. The number of carboxylic acid groups (broad SMARTS) is 1. The largest absolute Gasteiger partial charge is 0.481 e. The highest BCUT2D eigenvalue weighted by Gasteiger charge is 2.38. The Balaban J connectivity index is 1.84. The number of hydrogen-bond acceptors (Lipinski definition) is 4. The second-order valence-corrected chi connectivity index (χ2v) is 5.43. The summed E-state index contributed by atoms with van der Waals surface area (Å²) >= 11 is 0. The maximum atomic E-state index is 11.4. The number of hydrogen-bond donors (Lipinski definition) is 1. The number of ether oxygens (including phenoxy) is 2. The summed E-state index contributed by atoms with van der Waals surface area (Å²) in [5.41, 5.74) is 0.325. The molecule has 0 spiro atoms. The molecular formula is C14H17NO4. The molecule has 0 bridgehead atoms. The molecule has 1 N–H and O–H groups in total. The van der Waals surface area contributed by atoms with Gasteiger partial charge in [-0.3, -0.25) is 4.79 Å². The van der Waals surface area contributed by atoms with E-state index in [1.54, 1.807) is 0 Å². The van der Waals surface area contributed by atoms with Crippen molar-refractivity contribution < 1.29 is 19.4 Å². The van der Waals surface area contributed by atoms with E-state index in [4.69, 9.17) is 9.47 Å². The molecule has 1 saturated heterocycles. The first-order valence-electron chi connectivity index (χ1n) is 6.46. The maximum Gasteiger partial charge on any atom is 0.311 e. The van der Waals surface area contributed by atoms with Crippen molar-refractivity contribution in [1.29, 1.82) is 0 Å². The topological polar surface area (TPSA) is 59.0 Å². The summed E-state index contributed by atoms with van der Waals surface area (Å²) in [6.45, 7) is 3.48. The van der Waals surface area contributed by atoms with E-state index in [2.05, 4.69) is 4.90 Å². The molecule has 19 heavy (non-hydrogen) atoms. The highest BCUT2D eigenvalue weighted by molar-refractivity contribution is 5.75. The molecule has 5 heteroatoms. The van der Waals surface area contributed by atoms with Gasteiger partial charge in [-0.15, -0.1) is 0 Å². The second kappa shape index (κ2) is 4.33. The van der Waals surface area contributed by atoms with E-state index in [9.17, 15) is 9.90 Å². The van der Waals surface area contributed by atoms with Crippen LogP contribution in [0.15, 0.2) is 18.2 Å². The van der Waals surface area contributed by atoms with Crippen LogP contribution in [0.4, 0.5) is 5.69 Å². The number of piperidine rings is 1. The standard InChI is InChI=1S/C14H17NO4/c1-14(13(16)17)5-2-6-15(8-14)10-3-4-11-12(7-10)19-9-18-11/h3-4,7H,2,5-6,8-9H2,1H3,(H,16,17). The fourth-order valence-electron chi connectivity index (χ4n) is 2.72. The van der Waals surface area contributed by atoms with Crippen molar-refractivity contribution in [1.82, 2.24) is 0 Å². The molecule has 3 rings (SSSR count). The Morgan fingerprint density at radius 2 is 2.16 bits per heavy atom. The Bertz CT molecular complexity index is 516. The van der Waals surface area contributed by atoms with Gasteiger partial charge in [-0.1, -0.05) is 0 Å². The smallest absolute Gasteiger partial charge is 0.311 e. The molecule has 0 radical (unpaired) electrons. The van der Waals surface area contributed by atoms with Crippen molar-refractivity contribution in [3.63, 3.8) is 0 Å². The van der Waals surface area contributed by atoms with Gasteiger partial charge in [-0.05, 0) is 31.9 Å². The van der Waals surface area contributed by atoms with Crippen molar-refractivity contribution in [3.8, 4) is 11.5 Å². The second-order valence-electron chi connectivity index (χ2n) is 5.43. The lowest BCUT2D eigenvalue weighted by atomic mass is 9.82. The first kappa shape index (κ1) is 12.1. The Morgan fingerprint density at radius 3 is 2.95 bits per heavy atom. The lowest BCUT2D eigenvalue weighted by molar-refractivity contribution is -0.148. The number of benzene rings is 1. The van der Waals surface area contributed by atoms with E-state index in [-0.39, 0.29) is 6.79 Å². The van der Waals surface area contributed by atoms with E-state index in [1.807, 2.05) is 25.1 Å². The fourth-order valence-corrected chi connectivity index (χ4v) is 2.72. The van der Waals surface area contributed by atoms with Crippen LogP contribution in [0.2, 0.25) is 0 Å². The summed E-state index contributed by atoms with van der Waals surface area (Å²) in [6.07, 6.45) is 1.61. The highest BCUT2D eigenvalue weighted by Crippen LogP contribution is 2.38. The van der Waals surface area contributed by atoms with E-state index >= 15 is 0 Å². The minimum absolute atomic E-state index is 0.256. The van der Waals surface area contributed by atoms with Crippen LogP contribution >= 0.6 is 0 Å². The first-order chi connectivity index (χ1) is 9.08. The number of rotatable bonds is 2. The van der Waals surface area contributed by atoms with Crippen molar-refractivity contribution in [2.24, 2.45) is 5.41 Å². The van der Waals surface area contributed by atoms with E-state index in [1.165, 1.54) is 0 Å². The molecule has 102 valence electrons. The summed E-state index contributed by atoms with van der Waals surface area (Å²) in [4.78, 5) is 13.5. The SMILES string of the molecule is CC1(C(=O)O)CCCN(c2ccc3c(c2)OCO3)C1. The zero-order valence-corrected chi connectivity index (χ0v) is 10.9. The number of aliphatic carboxylic acids is 1. The zero-order valence-electron chi connectivity index (χ0n) is 10.9. The molecule has 0 amide bonds. The van der Waals surface area contributed by atoms with Gasteiger partial charge in [0, 0.05) is 24.8 Å². The third-order valence-corrected chi connectivity index (χ3v) is 3.93. The van der Waals surface area contributed by atoms with Crippen LogP contribution in [0.1, 0.15) is 19.8 Å². The maximum absolute atomic E-state index is 11.4. The number of anilines is 1. The minimum Gasteiger partial charge on any atom is -0.481 e. The van der Waals surface area contributed by atoms with E-state index in [0.717, 1.165) is 36.6 Å². The molecule has 2 aliphatic heterocycles. The molecule has 1 atom stereocenters. The lowest BCUT2D eigenvalue weighted by Crippen LogP contribution is -2.46. The summed E-state index contributed by atoms with van der Waals surface area (Å²) in [7, 11) is 0. The molecule has 1 unspecified atom stereocenters. The van der Waals surface area contributed by atoms with Crippen LogP contribution in [0.25, 0.3) is 0 Å². The molecule has 0 saturated carbocycles. The van der Waals surface area contributed by atoms with Crippen LogP contribution in [0.3, 0.4) is 0 Å². The number of carboxylic acids is 1. The van der Waals surface area contributed by atoms with Crippen molar-refractivity contribution >= 4 is 11.7 Å².